The van der Waals surface area contributed by atoms with Crippen molar-refractivity contribution in [3.63, 3.8) is 0 Å². The Hall–Kier alpha value is -1.62. The number of rotatable bonds is 4. The summed E-state index contributed by atoms with van der Waals surface area (Å²) in [7, 11) is 0.728. The van der Waals surface area contributed by atoms with Crippen LogP contribution in [0.25, 0.3) is 0 Å². The van der Waals surface area contributed by atoms with E-state index in [-0.39, 0.29) is 0 Å². The highest BCUT2D eigenvalue weighted by Gasteiger charge is 2.10. The summed E-state index contributed by atoms with van der Waals surface area (Å²) in [5.41, 5.74) is 2.96. The number of nitrogens with one attached hydrogen (secondary N) is 2. The van der Waals surface area contributed by atoms with Crippen molar-refractivity contribution >= 4 is 16.5 Å². The molecule has 5 heteroatoms. The van der Waals surface area contributed by atoms with Gasteiger partial charge in [-0.1, -0.05) is 18.2 Å². The van der Waals surface area contributed by atoms with Crippen LogP contribution in [-0.4, -0.2) is 21.2 Å². The van der Waals surface area contributed by atoms with Crippen LogP contribution in [0.2, 0.25) is 0 Å². The zero-order valence-electron chi connectivity index (χ0n) is 9.86. The lowest BCUT2D eigenvalue weighted by molar-refractivity contribution is 0.677. The van der Waals surface area contributed by atoms with Crippen molar-refractivity contribution in [3.05, 3.63) is 41.7 Å². The highest BCUT2D eigenvalue weighted by Crippen LogP contribution is 2.18. The van der Waals surface area contributed by atoms with Crippen LogP contribution >= 0.6 is 0 Å². The lowest BCUT2D eigenvalue weighted by Crippen LogP contribution is -2.02. The summed E-state index contributed by atoms with van der Waals surface area (Å²) in [6.07, 6.45) is 1.69. The molecule has 0 aliphatic heterocycles. The Balaban J connectivity index is 2.18. The molecule has 0 bridgehead atoms. The number of benzene rings is 1. The fourth-order valence-corrected chi connectivity index (χ4v) is 2.72. The van der Waals surface area contributed by atoms with E-state index in [1.807, 2.05) is 38.2 Å². The molecular weight excluding hydrogens is 234 g/mol. The third-order valence-corrected chi connectivity index (χ3v) is 3.68. The van der Waals surface area contributed by atoms with Gasteiger partial charge in [-0.05, 0) is 18.6 Å². The highest BCUT2D eigenvalue weighted by atomic mass is 32.2. The van der Waals surface area contributed by atoms with Gasteiger partial charge in [0.15, 0.2) is 5.16 Å². The van der Waals surface area contributed by atoms with Gasteiger partial charge in [0.2, 0.25) is 0 Å². The highest BCUT2D eigenvalue weighted by molar-refractivity contribution is 7.84. The molecule has 1 aromatic carbocycles. The third kappa shape index (κ3) is 2.74. The summed E-state index contributed by atoms with van der Waals surface area (Å²) < 4.78 is 12.1. The molecule has 1 aromatic heterocycles. The molecule has 0 radical (unpaired) electrons. The van der Waals surface area contributed by atoms with Crippen molar-refractivity contribution in [2.75, 3.05) is 12.4 Å². The van der Waals surface area contributed by atoms with Gasteiger partial charge < -0.3 is 10.3 Å². The standard InChI is InChI=1S/C12H15N3OS/c1-9-7-14-12(15-9)17(16)8-10-5-3-4-6-11(10)13-2/h3-7,13H,8H2,1-2H3,(H,14,15). The second kappa shape index (κ2) is 5.14. The average Bonchev–Trinajstić information content (AvgIpc) is 2.77. The van der Waals surface area contributed by atoms with Crippen LogP contribution in [0, 0.1) is 6.92 Å². The molecule has 2 aromatic rings. The summed E-state index contributed by atoms with van der Waals surface area (Å²) in [5, 5.41) is 3.63. The van der Waals surface area contributed by atoms with E-state index in [1.165, 1.54) is 0 Å². The van der Waals surface area contributed by atoms with Gasteiger partial charge >= 0.3 is 0 Å². The van der Waals surface area contributed by atoms with E-state index in [0.29, 0.717) is 10.9 Å². The van der Waals surface area contributed by atoms with Crippen LogP contribution in [0.1, 0.15) is 11.3 Å². The van der Waals surface area contributed by atoms with Gasteiger partial charge in [-0.3, -0.25) is 4.21 Å². The maximum absolute atomic E-state index is 12.1. The number of aryl methyl sites for hydroxylation is 1. The van der Waals surface area contributed by atoms with E-state index in [4.69, 9.17) is 0 Å². The molecule has 90 valence electrons. The number of hydrogen-bond donors (Lipinski definition) is 2. The number of aromatic amines is 1. The number of aromatic nitrogens is 2. The maximum Gasteiger partial charge on any atom is 0.196 e. The fraction of sp³-hybridized carbons (Fsp3) is 0.250. The quantitative estimate of drug-likeness (QED) is 0.872. The summed E-state index contributed by atoms with van der Waals surface area (Å²) in [4.78, 5) is 7.09. The van der Waals surface area contributed by atoms with Gasteiger partial charge in [0.1, 0.15) is 0 Å². The van der Waals surface area contributed by atoms with Crippen molar-refractivity contribution in [1.82, 2.24) is 9.97 Å². The zero-order chi connectivity index (χ0) is 12.3. The summed E-state index contributed by atoms with van der Waals surface area (Å²) in [5.74, 6) is 0.462. The number of anilines is 1. The van der Waals surface area contributed by atoms with Crippen LogP contribution in [0.4, 0.5) is 5.69 Å². The minimum atomic E-state index is -1.13. The van der Waals surface area contributed by atoms with Gasteiger partial charge in [-0.25, -0.2) is 4.98 Å². The first kappa shape index (κ1) is 11.9. The van der Waals surface area contributed by atoms with Crippen LogP contribution in [0.5, 0.6) is 0 Å². The van der Waals surface area contributed by atoms with E-state index in [2.05, 4.69) is 15.3 Å². The molecule has 4 nitrogen and oxygen atoms in total. The molecule has 1 atom stereocenters. The summed E-state index contributed by atoms with van der Waals surface area (Å²) in [6, 6.07) is 7.84. The second-order valence-electron chi connectivity index (χ2n) is 3.77. The normalized spacial score (nSPS) is 12.4. The first-order chi connectivity index (χ1) is 8.20. The minimum Gasteiger partial charge on any atom is -0.388 e. The molecule has 0 saturated heterocycles. The molecular formula is C12H15N3OS. The molecule has 0 fully saturated rings. The smallest absolute Gasteiger partial charge is 0.196 e. The first-order valence-corrected chi connectivity index (χ1v) is 6.68. The van der Waals surface area contributed by atoms with Crippen molar-refractivity contribution < 1.29 is 4.21 Å². The second-order valence-corrected chi connectivity index (χ2v) is 5.13. The van der Waals surface area contributed by atoms with Crippen molar-refractivity contribution in [1.29, 1.82) is 0 Å². The zero-order valence-corrected chi connectivity index (χ0v) is 10.7. The summed E-state index contributed by atoms with van der Waals surface area (Å²) >= 11 is 0. The lowest BCUT2D eigenvalue weighted by Gasteiger charge is -2.07. The van der Waals surface area contributed by atoms with Crippen LogP contribution in [0.15, 0.2) is 35.6 Å². The van der Waals surface area contributed by atoms with Gasteiger partial charge in [-0.15, -0.1) is 0 Å². The van der Waals surface area contributed by atoms with Crippen LogP contribution in [0.3, 0.4) is 0 Å². The van der Waals surface area contributed by atoms with Gasteiger partial charge in [-0.2, -0.15) is 0 Å². The van der Waals surface area contributed by atoms with Gasteiger partial charge in [0.25, 0.3) is 0 Å². The van der Waals surface area contributed by atoms with Gasteiger partial charge in [0, 0.05) is 24.6 Å². The Morgan fingerprint density at radius 1 is 1.41 bits per heavy atom. The molecule has 17 heavy (non-hydrogen) atoms. The first-order valence-electron chi connectivity index (χ1n) is 5.36. The molecule has 0 aliphatic carbocycles. The molecule has 0 amide bonds. The Morgan fingerprint density at radius 3 is 2.82 bits per heavy atom. The molecule has 1 unspecified atom stereocenters. The fourth-order valence-electron chi connectivity index (χ4n) is 1.60. The average molecular weight is 249 g/mol. The monoisotopic (exact) mass is 249 g/mol. The number of H-pyrrole nitrogens is 1. The third-order valence-electron chi connectivity index (χ3n) is 2.47. The topological polar surface area (TPSA) is 57.8 Å². The molecule has 2 N–H and O–H groups in total. The largest absolute Gasteiger partial charge is 0.388 e. The number of nitrogens with zero attached hydrogens (tertiary/aromatic N) is 1. The predicted molar refractivity (Wildman–Crippen MR) is 69.4 cm³/mol. The summed E-state index contributed by atoms with van der Waals surface area (Å²) in [6.45, 7) is 1.90. The lowest BCUT2D eigenvalue weighted by atomic mass is 10.2. The van der Waals surface area contributed by atoms with E-state index >= 15 is 0 Å². The van der Waals surface area contributed by atoms with Crippen molar-refractivity contribution in [3.8, 4) is 0 Å². The van der Waals surface area contributed by atoms with Crippen LogP contribution in [-0.2, 0) is 16.6 Å². The van der Waals surface area contributed by atoms with E-state index < -0.39 is 10.8 Å². The Kier molecular flexibility index (Phi) is 3.58. The molecule has 1 heterocycles. The van der Waals surface area contributed by atoms with E-state index in [0.717, 1.165) is 16.9 Å². The van der Waals surface area contributed by atoms with Crippen molar-refractivity contribution in [2.24, 2.45) is 0 Å². The SMILES string of the molecule is CNc1ccccc1CS(=O)c1ncc(C)[nH]1. The molecule has 0 aliphatic rings. The molecule has 0 saturated carbocycles. The van der Waals surface area contributed by atoms with E-state index in [1.54, 1.807) is 6.20 Å². The number of para-hydroxylation sites is 1. The maximum atomic E-state index is 12.1. The molecule has 2 rings (SSSR count). The Bertz CT molecular complexity index is 536. The van der Waals surface area contributed by atoms with Crippen LogP contribution < -0.4 is 5.32 Å². The predicted octanol–water partition coefficient (Wildman–Crippen LogP) is 2.07. The van der Waals surface area contributed by atoms with E-state index in [9.17, 15) is 4.21 Å². The Morgan fingerprint density at radius 2 is 2.18 bits per heavy atom. The number of imidazole rings is 1. The Labute approximate surface area is 103 Å². The van der Waals surface area contributed by atoms with Crippen molar-refractivity contribution in [2.45, 2.75) is 17.8 Å². The minimum absolute atomic E-state index is 0.462. The van der Waals surface area contributed by atoms with Gasteiger partial charge in [0.05, 0.1) is 16.6 Å². The molecule has 0 spiro atoms. The number of hydrogen-bond acceptors (Lipinski definition) is 3.